The van der Waals surface area contributed by atoms with Crippen molar-refractivity contribution >= 4 is 5.91 Å². The number of nitrogens with one attached hydrogen (secondary N) is 2. The van der Waals surface area contributed by atoms with E-state index in [-0.39, 0.29) is 5.91 Å². The number of rotatable bonds is 8. The fourth-order valence-corrected chi connectivity index (χ4v) is 3.62. The highest BCUT2D eigenvalue weighted by atomic mass is 16.5. The van der Waals surface area contributed by atoms with Crippen LogP contribution in [0.1, 0.15) is 33.0 Å². The first-order valence-electron chi connectivity index (χ1n) is 10.6. The van der Waals surface area contributed by atoms with Crippen molar-refractivity contribution in [2.24, 2.45) is 7.05 Å². The molecule has 0 saturated heterocycles. The Morgan fingerprint density at radius 3 is 2.50 bits per heavy atom. The van der Waals surface area contributed by atoms with Crippen molar-refractivity contribution in [1.29, 1.82) is 0 Å². The molecule has 0 aliphatic carbocycles. The number of aromatic nitrogens is 4. The summed E-state index contributed by atoms with van der Waals surface area (Å²) in [5.41, 5.74) is 6.28. The van der Waals surface area contributed by atoms with Crippen molar-refractivity contribution < 1.29 is 9.53 Å². The van der Waals surface area contributed by atoms with Crippen molar-refractivity contribution in [2.75, 3.05) is 6.54 Å². The SMILES string of the molecule is Cc1nn(C)c(C)c1-c1cc(C(=O)NCCc2ccc(OCc3ccccc3)cc2)[nH]n1. The molecule has 2 aromatic carbocycles. The quantitative estimate of drug-likeness (QED) is 0.444. The number of benzene rings is 2. The molecule has 4 aromatic rings. The molecular formula is C25H27N5O2. The summed E-state index contributed by atoms with van der Waals surface area (Å²) in [7, 11) is 1.90. The van der Waals surface area contributed by atoms with Crippen LogP contribution in [0.2, 0.25) is 0 Å². The van der Waals surface area contributed by atoms with Gasteiger partial charge in [-0.15, -0.1) is 0 Å². The van der Waals surface area contributed by atoms with Gasteiger partial charge in [0.15, 0.2) is 0 Å². The van der Waals surface area contributed by atoms with Gasteiger partial charge >= 0.3 is 0 Å². The lowest BCUT2D eigenvalue weighted by molar-refractivity contribution is 0.0949. The number of amides is 1. The van der Waals surface area contributed by atoms with Crippen LogP contribution in [0.4, 0.5) is 0 Å². The number of carbonyl (C=O) groups excluding carboxylic acids is 1. The topological polar surface area (TPSA) is 84.8 Å². The Bertz CT molecular complexity index is 1190. The Hall–Kier alpha value is -3.87. The highest BCUT2D eigenvalue weighted by Crippen LogP contribution is 2.25. The van der Waals surface area contributed by atoms with Gasteiger partial charge in [-0.25, -0.2) is 0 Å². The molecule has 0 unspecified atom stereocenters. The average Bonchev–Trinajstić information content (AvgIpc) is 3.38. The minimum Gasteiger partial charge on any atom is -0.489 e. The van der Waals surface area contributed by atoms with Gasteiger partial charge in [-0.2, -0.15) is 10.2 Å². The van der Waals surface area contributed by atoms with E-state index in [1.165, 1.54) is 0 Å². The maximum atomic E-state index is 12.5. The number of H-pyrrole nitrogens is 1. The number of nitrogens with zero attached hydrogens (tertiary/aromatic N) is 3. The Kier molecular flexibility index (Phi) is 6.35. The lowest BCUT2D eigenvalue weighted by Crippen LogP contribution is -2.26. The number of hydrogen-bond acceptors (Lipinski definition) is 4. The molecule has 2 aromatic heterocycles. The Labute approximate surface area is 187 Å². The molecule has 0 bridgehead atoms. The second-order valence-corrected chi connectivity index (χ2v) is 7.76. The van der Waals surface area contributed by atoms with E-state index in [1.807, 2.05) is 80.2 Å². The molecular weight excluding hydrogens is 402 g/mol. The first-order valence-corrected chi connectivity index (χ1v) is 10.6. The molecule has 2 N–H and O–H groups in total. The third-order valence-corrected chi connectivity index (χ3v) is 5.46. The molecule has 2 heterocycles. The Morgan fingerprint density at radius 1 is 1.06 bits per heavy atom. The van der Waals surface area contributed by atoms with Crippen LogP contribution >= 0.6 is 0 Å². The smallest absolute Gasteiger partial charge is 0.269 e. The second kappa shape index (κ2) is 9.51. The Balaban J connectivity index is 1.27. The molecule has 0 saturated carbocycles. The number of aryl methyl sites for hydroxylation is 2. The van der Waals surface area contributed by atoms with Crippen molar-refractivity contribution in [1.82, 2.24) is 25.3 Å². The standard InChI is InChI=1S/C25H27N5O2/c1-17-24(18(2)30(3)29-17)22-15-23(28-27-22)25(31)26-14-13-19-9-11-21(12-10-19)32-16-20-7-5-4-6-8-20/h4-12,15H,13-14,16H2,1-3H3,(H,26,31)(H,27,28). The lowest BCUT2D eigenvalue weighted by Gasteiger charge is -2.08. The third-order valence-electron chi connectivity index (χ3n) is 5.46. The summed E-state index contributed by atoms with van der Waals surface area (Å²) in [6.07, 6.45) is 0.729. The first-order chi connectivity index (χ1) is 15.5. The van der Waals surface area contributed by atoms with Gasteiger partial charge in [-0.3, -0.25) is 14.6 Å². The largest absolute Gasteiger partial charge is 0.489 e. The van der Waals surface area contributed by atoms with Gasteiger partial charge in [-0.1, -0.05) is 42.5 Å². The third kappa shape index (κ3) is 4.88. The van der Waals surface area contributed by atoms with E-state index in [0.717, 1.165) is 45.9 Å². The van der Waals surface area contributed by atoms with Crippen LogP contribution in [0.3, 0.4) is 0 Å². The van der Waals surface area contributed by atoms with Gasteiger partial charge in [0.2, 0.25) is 0 Å². The zero-order chi connectivity index (χ0) is 22.5. The highest BCUT2D eigenvalue weighted by molar-refractivity contribution is 5.93. The first kappa shape index (κ1) is 21.4. The normalized spacial score (nSPS) is 10.8. The van der Waals surface area contributed by atoms with E-state index in [9.17, 15) is 4.79 Å². The molecule has 0 radical (unpaired) electrons. The zero-order valence-corrected chi connectivity index (χ0v) is 18.6. The van der Waals surface area contributed by atoms with Gasteiger partial charge in [0.1, 0.15) is 18.1 Å². The summed E-state index contributed by atoms with van der Waals surface area (Å²) in [6.45, 7) is 5.00. The van der Waals surface area contributed by atoms with Gasteiger partial charge in [0, 0.05) is 24.8 Å². The number of carbonyl (C=O) groups is 1. The van der Waals surface area contributed by atoms with Crippen LogP contribution in [0, 0.1) is 13.8 Å². The minimum absolute atomic E-state index is 0.175. The van der Waals surface area contributed by atoms with Crippen LogP contribution in [0.25, 0.3) is 11.3 Å². The molecule has 0 aliphatic rings. The second-order valence-electron chi connectivity index (χ2n) is 7.76. The molecule has 0 aliphatic heterocycles. The number of hydrogen-bond donors (Lipinski definition) is 2. The van der Waals surface area contributed by atoms with E-state index in [4.69, 9.17) is 4.74 Å². The van der Waals surface area contributed by atoms with Gasteiger partial charge in [-0.05, 0) is 49.6 Å². The van der Waals surface area contributed by atoms with Crippen molar-refractivity contribution in [3.8, 4) is 17.0 Å². The molecule has 7 heteroatoms. The summed E-state index contributed by atoms with van der Waals surface area (Å²) in [5.74, 6) is 0.651. The fraction of sp³-hybridized carbons (Fsp3) is 0.240. The summed E-state index contributed by atoms with van der Waals surface area (Å²) in [6, 6.07) is 19.8. The number of ether oxygens (including phenoxy) is 1. The summed E-state index contributed by atoms with van der Waals surface area (Å²) < 4.78 is 7.63. The van der Waals surface area contributed by atoms with Crippen LogP contribution in [0.15, 0.2) is 60.7 Å². The summed E-state index contributed by atoms with van der Waals surface area (Å²) >= 11 is 0. The average molecular weight is 430 g/mol. The minimum atomic E-state index is -0.175. The van der Waals surface area contributed by atoms with Crippen molar-refractivity contribution in [3.63, 3.8) is 0 Å². The van der Waals surface area contributed by atoms with Gasteiger partial charge in [0.05, 0.1) is 11.4 Å². The van der Waals surface area contributed by atoms with Crippen molar-refractivity contribution in [3.05, 3.63) is 88.9 Å². The maximum Gasteiger partial charge on any atom is 0.269 e. The molecule has 1 amide bonds. The number of aromatic amines is 1. The van der Waals surface area contributed by atoms with E-state index in [0.29, 0.717) is 18.8 Å². The Morgan fingerprint density at radius 2 is 1.81 bits per heavy atom. The summed E-state index contributed by atoms with van der Waals surface area (Å²) in [5, 5.41) is 14.5. The van der Waals surface area contributed by atoms with E-state index in [1.54, 1.807) is 6.07 Å². The lowest BCUT2D eigenvalue weighted by atomic mass is 10.1. The molecule has 0 atom stereocenters. The molecule has 0 fully saturated rings. The predicted octanol–water partition coefficient (Wildman–Crippen LogP) is 3.98. The summed E-state index contributed by atoms with van der Waals surface area (Å²) in [4.78, 5) is 12.5. The molecule has 0 spiro atoms. The fourth-order valence-electron chi connectivity index (χ4n) is 3.62. The van der Waals surface area contributed by atoms with Gasteiger partial charge < -0.3 is 10.1 Å². The molecule has 7 nitrogen and oxygen atoms in total. The van der Waals surface area contributed by atoms with E-state index < -0.39 is 0 Å². The van der Waals surface area contributed by atoms with Crippen LogP contribution < -0.4 is 10.1 Å². The van der Waals surface area contributed by atoms with Gasteiger partial charge in [0.25, 0.3) is 5.91 Å². The van der Waals surface area contributed by atoms with E-state index >= 15 is 0 Å². The van der Waals surface area contributed by atoms with E-state index in [2.05, 4.69) is 20.6 Å². The molecule has 32 heavy (non-hydrogen) atoms. The maximum absolute atomic E-state index is 12.5. The van der Waals surface area contributed by atoms with Crippen molar-refractivity contribution in [2.45, 2.75) is 26.9 Å². The molecule has 164 valence electrons. The monoisotopic (exact) mass is 429 g/mol. The van der Waals surface area contributed by atoms with Crippen LogP contribution in [-0.4, -0.2) is 32.4 Å². The predicted molar refractivity (Wildman–Crippen MR) is 124 cm³/mol. The van der Waals surface area contributed by atoms with Crippen LogP contribution in [0.5, 0.6) is 5.75 Å². The van der Waals surface area contributed by atoms with Crippen LogP contribution in [-0.2, 0) is 20.1 Å². The highest BCUT2D eigenvalue weighted by Gasteiger charge is 2.17. The zero-order valence-electron chi connectivity index (χ0n) is 18.6. The molecule has 4 rings (SSSR count).